The molecule has 0 bridgehead atoms. The topological polar surface area (TPSA) is 49.4 Å². The first-order valence-electron chi connectivity index (χ1n) is 3.36. The van der Waals surface area contributed by atoms with Gasteiger partial charge < -0.3 is 0 Å². The molecule has 60 valence electrons. The molecule has 1 atom stereocenters. The average molecular weight is 211 g/mol. The first-order valence-corrected chi connectivity index (χ1v) is 5.98. The van der Waals surface area contributed by atoms with Crippen molar-refractivity contribution in [1.29, 1.82) is 0 Å². The molecule has 0 amide bonds. The molecule has 10 heavy (non-hydrogen) atoms. The van der Waals surface area contributed by atoms with Gasteiger partial charge in [0.1, 0.15) is 0 Å². The van der Waals surface area contributed by atoms with Gasteiger partial charge in [-0.3, -0.25) is 0 Å². The van der Waals surface area contributed by atoms with Crippen LogP contribution in [-0.2, 0) is 7.67 Å². The molecule has 0 saturated carbocycles. The maximum atomic E-state index is 10.6. The summed E-state index contributed by atoms with van der Waals surface area (Å²) < 4.78 is 21.2. The van der Waals surface area contributed by atoms with Crippen molar-refractivity contribution in [2.45, 2.75) is 12.0 Å². The van der Waals surface area contributed by atoms with Gasteiger partial charge in [0.2, 0.25) is 0 Å². The van der Waals surface area contributed by atoms with Crippen LogP contribution in [0.1, 0.15) is 6.92 Å². The van der Waals surface area contributed by atoms with Crippen molar-refractivity contribution in [1.82, 2.24) is 10.2 Å². The summed E-state index contributed by atoms with van der Waals surface area (Å²) in [5, 5.41) is 2.59. The van der Waals surface area contributed by atoms with Gasteiger partial charge in [0.25, 0.3) is 0 Å². The van der Waals surface area contributed by atoms with Crippen molar-refractivity contribution in [2.75, 3.05) is 19.6 Å². The Balaban J connectivity index is 2.58. The molecule has 1 heterocycles. The average Bonchev–Trinajstić information content (AvgIpc) is 2.33. The first kappa shape index (κ1) is 8.14. The summed E-state index contributed by atoms with van der Waals surface area (Å²) in [6, 6.07) is 0. The van der Waals surface area contributed by atoms with Gasteiger partial charge >= 0.3 is 63.3 Å². The van der Waals surface area contributed by atoms with Crippen LogP contribution < -0.4 is 5.32 Å². The SMILES string of the molecule is CCN1CCNC1[SeH](=O)=O. The number of hydrogen-bond donors (Lipinski definition) is 1. The molecule has 0 spiro atoms. The van der Waals surface area contributed by atoms with Crippen molar-refractivity contribution >= 4 is 13.8 Å². The van der Waals surface area contributed by atoms with E-state index in [0.29, 0.717) is 0 Å². The Kier molecular flexibility index (Phi) is 2.80. The van der Waals surface area contributed by atoms with E-state index in [4.69, 9.17) is 0 Å². The third-order valence-electron chi connectivity index (χ3n) is 1.68. The fourth-order valence-corrected chi connectivity index (χ4v) is 2.86. The summed E-state index contributed by atoms with van der Waals surface area (Å²) in [4.78, 5) is 1.93. The summed E-state index contributed by atoms with van der Waals surface area (Å²) in [5.41, 5.74) is 0. The first-order chi connectivity index (χ1) is 4.75. The molecule has 4 nitrogen and oxygen atoms in total. The zero-order valence-electron chi connectivity index (χ0n) is 5.91. The summed E-state index contributed by atoms with van der Waals surface area (Å²) >= 11 is -3.04. The Bertz CT molecular complexity index is 172. The van der Waals surface area contributed by atoms with Gasteiger partial charge in [0, 0.05) is 0 Å². The van der Waals surface area contributed by atoms with Gasteiger partial charge in [-0.1, -0.05) is 0 Å². The number of rotatable bonds is 2. The summed E-state index contributed by atoms with van der Waals surface area (Å²) in [5.74, 6) is 0. The van der Waals surface area contributed by atoms with Crippen molar-refractivity contribution in [3.8, 4) is 0 Å². The summed E-state index contributed by atoms with van der Waals surface area (Å²) in [7, 11) is 0. The van der Waals surface area contributed by atoms with Crippen molar-refractivity contribution in [3.63, 3.8) is 0 Å². The van der Waals surface area contributed by atoms with Gasteiger partial charge in [0.15, 0.2) is 0 Å². The minimum atomic E-state index is -3.04. The quantitative estimate of drug-likeness (QED) is 0.586. The van der Waals surface area contributed by atoms with Crippen LogP contribution in [0.5, 0.6) is 0 Å². The zero-order valence-corrected chi connectivity index (χ0v) is 7.79. The van der Waals surface area contributed by atoms with Crippen LogP contribution in [0.3, 0.4) is 0 Å². The standard InChI is InChI=1S/C5H12N2O2Se/c1-2-7-4-3-6-5(7)10(8)9/h5-6,10H,2-4H2,1H3. The van der Waals surface area contributed by atoms with Gasteiger partial charge in [-0.05, 0) is 0 Å². The third kappa shape index (κ3) is 1.55. The molecular weight excluding hydrogens is 199 g/mol. The van der Waals surface area contributed by atoms with Crippen LogP contribution >= 0.6 is 0 Å². The van der Waals surface area contributed by atoms with Gasteiger partial charge in [-0.2, -0.15) is 0 Å². The molecule has 0 aromatic heterocycles. The van der Waals surface area contributed by atoms with E-state index in [2.05, 4.69) is 5.32 Å². The van der Waals surface area contributed by atoms with E-state index in [1.807, 2.05) is 11.8 Å². The van der Waals surface area contributed by atoms with E-state index in [-0.39, 0.29) is 5.06 Å². The Morgan fingerprint density at radius 2 is 2.40 bits per heavy atom. The van der Waals surface area contributed by atoms with Crippen LogP contribution in [0, 0.1) is 0 Å². The van der Waals surface area contributed by atoms with E-state index in [1.165, 1.54) is 0 Å². The van der Waals surface area contributed by atoms with E-state index >= 15 is 0 Å². The molecule has 1 aliphatic heterocycles. The molecule has 0 radical (unpaired) electrons. The normalized spacial score (nSPS) is 28.0. The molecule has 1 fully saturated rings. The predicted molar refractivity (Wildman–Crippen MR) is 37.6 cm³/mol. The fourth-order valence-electron chi connectivity index (χ4n) is 1.13. The Morgan fingerprint density at radius 3 is 2.80 bits per heavy atom. The molecule has 1 aliphatic rings. The molecular formula is C5H12N2O2Se. The second kappa shape index (κ2) is 3.44. The molecule has 1 rings (SSSR count). The fraction of sp³-hybridized carbons (Fsp3) is 1.00. The number of likely N-dealkylation sites (N-methyl/N-ethyl adjacent to an activating group) is 1. The predicted octanol–water partition coefficient (Wildman–Crippen LogP) is -1.14. The number of nitrogens with one attached hydrogen (secondary N) is 1. The van der Waals surface area contributed by atoms with Crippen LogP contribution in [-0.4, -0.2) is 43.4 Å². The Morgan fingerprint density at radius 1 is 1.70 bits per heavy atom. The minimum absolute atomic E-state index is 0.336. The molecule has 0 aliphatic carbocycles. The number of hydrogen-bond acceptors (Lipinski definition) is 4. The second-order valence-corrected chi connectivity index (χ2v) is 4.47. The molecule has 1 N–H and O–H groups in total. The zero-order chi connectivity index (χ0) is 7.56. The maximum absolute atomic E-state index is 10.6. The molecule has 0 aromatic rings. The Labute approximate surface area is 63.9 Å². The van der Waals surface area contributed by atoms with Gasteiger partial charge in [0.05, 0.1) is 0 Å². The van der Waals surface area contributed by atoms with Gasteiger partial charge in [-0.15, -0.1) is 0 Å². The van der Waals surface area contributed by atoms with E-state index in [9.17, 15) is 7.67 Å². The van der Waals surface area contributed by atoms with E-state index < -0.39 is 13.8 Å². The van der Waals surface area contributed by atoms with Crippen LogP contribution in [0.2, 0.25) is 0 Å². The van der Waals surface area contributed by atoms with Crippen LogP contribution in [0.4, 0.5) is 0 Å². The Hall–Kier alpha value is 0.0395. The van der Waals surface area contributed by atoms with Crippen molar-refractivity contribution in [2.24, 2.45) is 0 Å². The third-order valence-corrected chi connectivity index (χ3v) is 3.58. The van der Waals surface area contributed by atoms with Crippen LogP contribution in [0.25, 0.3) is 0 Å². The van der Waals surface area contributed by atoms with Crippen LogP contribution in [0.15, 0.2) is 0 Å². The number of nitrogens with zero attached hydrogens (tertiary/aromatic N) is 1. The summed E-state index contributed by atoms with van der Waals surface area (Å²) in [6.45, 7) is 4.44. The van der Waals surface area contributed by atoms with Crippen molar-refractivity contribution in [3.05, 3.63) is 0 Å². The second-order valence-electron chi connectivity index (χ2n) is 2.24. The van der Waals surface area contributed by atoms with Gasteiger partial charge in [-0.25, -0.2) is 0 Å². The molecule has 0 aromatic carbocycles. The molecule has 5 heteroatoms. The monoisotopic (exact) mass is 212 g/mol. The van der Waals surface area contributed by atoms with Crippen molar-refractivity contribution < 1.29 is 7.67 Å². The molecule has 1 saturated heterocycles. The molecule has 1 unspecified atom stereocenters. The van der Waals surface area contributed by atoms with E-state index in [0.717, 1.165) is 19.6 Å². The summed E-state index contributed by atoms with van der Waals surface area (Å²) in [6.07, 6.45) is 0. The van der Waals surface area contributed by atoms with E-state index in [1.54, 1.807) is 0 Å².